The number of hydrogen-bond donors (Lipinski definition) is 1. The Morgan fingerprint density at radius 1 is 1.09 bits per heavy atom. The Bertz CT molecular complexity index is 1230. The zero-order chi connectivity index (χ0) is 22.7. The van der Waals surface area contributed by atoms with E-state index in [0.717, 1.165) is 11.1 Å². The molecule has 3 aromatic rings. The number of sulfonamides is 1. The number of nitrogens with one attached hydrogen (secondary N) is 1. The maximum atomic E-state index is 13.1. The van der Waals surface area contributed by atoms with Crippen LogP contribution in [0, 0.1) is 0 Å². The first-order chi connectivity index (χ1) is 15.4. The number of anilines is 1. The average molecular weight is 471 g/mol. The van der Waals surface area contributed by atoms with Crippen molar-refractivity contribution in [3.8, 4) is 5.75 Å². The molecule has 6 nitrogen and oxygen atoms in total. The third-order valence-corrected chi connectivity index (χ3v) is 7.48. The van der Waals surface area contributed by atoms with E-state index in [9.17, 15) is 13.2 Å². The van der Waals surface area contributed by atoms with Gasteiger partial charge in [-0.05, 0) is 48.7 Å². The van der Waals surface area contributed by atoms with Gasteiger partial charge in [0.25, 0.3) is 15.9 Å². The molecule has 3 aromatic carbocycles. The summed E-state index contributed by atoms with van der Waals surface area (Å²) in [6, 6.07) is 21.1. The molecule has 166 valence electrons. The fourth-order valence-corrected chi connectivity index (χ4v) is 5.53. The normalized spacial score (nSPS) is 14.0. The van der Waals surface area contributed by atoms with Crippen LogP contribution in [0.5, 0.6) is 5.75 Å². The minimum Gasteiger partial charge on any atom is -0.482 e. The van der Waals surface area contributed by atoms with E-state index < -0.39 is 10.0 Å². The number of halogens is 1. The van der Waals surface area contributed by atoms with Gasteiger partial charge in [-0.2, -0.15) is 0 Å². The van der Waals surface area contributed by atoms with Crippen LogP contribution in [0.4, 0.5) is 5.69 Å². The van der Waals surface area contributed by atoms with E-state index in [1.807, 2.05) is 55.5 Å². The predicted octanol–water partition coefficient (Wildman–Crippen LogP) is 4.35. The van der Waals surface area contributed by atoms with Crippen molar-refractivity contribution in [3.05, 3.63) is 88.9 Å². The summed E-state index contributed by atoms with van der Waals surface area (Å²) in [5, 5.41) is 2.99. The zero-order valence-corrected chi connectivity index (χ0v) is 19.1. The highest BCUT2D eigenvalue weighted by molar-refractivity contribution is 7.92. The summed E-state index contributed by atoms with van der Waals surface area (Å²) >= 11 is 6.29. The second-order valence-corrected chi connectivity index (χ2v) is 9.81. The van der Waals surface area contributed by atoms with Crippen molar-refractivity contribution < 1.29 is 17.9 Å². The van der Waals surface area contributed by atoms with Gasteiger partial charge in [0.15, 0.2) is 6.61 Å². The molecule has 32 heavy (non-hydrogen) atoms. The lowest BCUT2D eigenvalue weighted by molar-refractivity contribution is -0.123. The molecule has 0 fully saturated rings. The van der Waals surface area contributed by atoms with Crippen molar-refractivity contribution in [1.82, 2.24) is 5.32 Å². The van der Waals surface area contributed by atoms with Crippen molar-refractivity contribution in [2.24, 2.45) is 0 Å². The first kappa shape index (κ1) is 22.2. The number of amides is 1. The molecular formula is C24H23ClN2O4S. The largest absolute Gasteiger partial charge is 0.482 e. The van der Waals surface area contributed by atoms with Gasteiger partial charge in [-0.15, -0.1) is 0 Å². The summed E-state index contributed by atoms with van der Waals surface area (Å²) in [5.74, 6) is -0.0576. The van der Waals surface area contributed by atoms with Crippen LogP contribution >= 0.6 is 11.6 Å². The van der Waals surface area contributed by atoms with Crippen molar-refractivity contribution in [2.45, 2.75) is 24.3 Å². The standard InChI is InChI=1S/C24H23ClN2O4S/c1-17(18-7-3-2-4-8-18)26-24(28)16-31-23-12-11-20(15-21(23)25)32(29,30)27-14-13-19-9-5-6-10-22(19)27/h2-12,15,17H,13-14,16H2,1H3,(H,26,28)/t17-/m1/s1. The molecule has 1 aliphatic heterocycles. The summed E-state index contributed by atoms with van der Waals surface area (Å²) in [5.41, 5.74) is 2.67. The van der Waals surface area contributed by atoms with Crippen LogP contribution in [-0.4, -0.2) is 27.5 Å². The van der Waals surface area contributed by atoms with E-state index in [1.54, 1.807) is 6.07 Å². The number of benzene rings is 3. The van der Waals surface area contributed by atoms with E-state index >= 15 is 0 Å². The summed E-state index contributed by atoms with van der Waals surface area (Å²) in [6.07, 6.45) is 0.668. The number of para-hydroxylation sites is 1. The van der Waals surface area contributed by atoms with Crippen molar-refractivity contribution in [2.75, 3.05) is 17.5 Å². The van der Waals surface area contributed by atoms with Crippen LogP contribution in [0.2, 0.25) is 5.02 Å². The minimum atomic E-state index is -3.76. The van der Waals surface area contributed by atoms with Crippen LogP contribution in [-0.2, 0) is 21.2 Å². The monoisotopic (exact) mass is 470 g/mol. The van der Waals surface area contributed by atoms with Gasteiger partial charge in [0.1, 0.15) is 5.75 Å². The summed E-state index contributed by atoms with van der Waals surface area (Å²) in [6.45, 7) is 2.04. The number of carbonyl (C=O) groups excluding carboxylic acids is 1. The molecule has 0 aromatic heterocycles. The average Bonchev–Trinajstić information content (AvgIpc) is 3.24. The molecule has 0 unspecified atom stereocenters. The Hall–Kier alpha value is -3.03. The van der Waals surface area contributed by atoms with Gasteiger partial charge in [-0.3, -0.25) is 9.10 Å². The van der Waals surface area contributed by atoms with E-state index in [1.165, 1.54) is 22.5 Å². The maximum Gasteiger partial charge on any atom is 0.264 e. The van der Waals surface area contributed by atoms with Crippen LogP contribution < -0.4 is 14.4 Å². The van der Waals surface area contributed by atoms with Gasteiger partial charge in [0.05, 0.1) is 21.6 Å². The van der Waals surface area contributed by atoms with Gasteiger partial charge in [-0.1, -0.05) is 60.1 Å². The lowest BCUT2D eigenvalue weighted by Crippen LogP contribution is -2.31. The lowest BCUT2D eigenvalue weighted by Gasteiger charge is -2.20. The molecule has 0 radical (unpaired) electrons. The van der Waals surface area contributed by atoms with Crippen LogP contribution in [0.15, 0.2) is 77.7 Å². The fourth-order valence-electron chi connectivity index (χ4n) is 3.70. The number of nitrogens with zero attached hydrogens (tertiary/aromatic N) is 1. The quantitative estimate of drug-likeness (QED) is 0.557. The number of fused-ring (bicyclic) bond motifs is 1. The van der Waals surface area contributed by atoms with Crippen LogP contribution in [0.1, 0.15) is 24.1 Å². The Labute approximate surface area is 192 Å². The SMILES string of the molecule is C[C@@H](NC(=O)COc1ccc(S(=O)(=O)N2CCc3ccccc32)cc1Cl)c1ccccc1. The highest BCUT2D eigenvalue weighted by Crippen LogP contribution is 2.35. The number of hydrogen-bond acceptors (Lipinski definition) is 4. The third-order valence-electron chi connectivity index (χ3n) is 5.37. The van der Waals surface area contributed by atoms with Gasteiger partial charge in [-0.25, -0.2) is 8.42 Å². The second kappa shape index (κ2) is 9.22. The smallest absolute Gasteiger partial charge is 0.264 e. The van der Waals surface area contributed by atoms with Gasteiger partial charge >= 0.3 is 0 Å². The molecule has 0 bridgehead atoms. The number of rotatable bonds is 7. The molecule has 0 saturated carbocycles. The summed E-state index contributed by atoms with van der Waals surface area (Å²) in [4.78, 5) is 12.3. The highest BCUT2D eigenvalue weighted by Gasteiger charge is 2.31. The minimum absolute atomic E-state index is 0.0775. The first-order valence-corrected chi connectivity index (χ1v) is 12.1. The van der Waals surface area contributed by atoms with Gasteiger partial charge < -0.3 is 10.1 Å². The highest BCUT2D eigenvalue weighted by atomic mass is 35.5. The number of carbonyl (C=O) groups is 1. The molecule has 1 atom stereocenters. The topological polar surface area (TPSA) is 75.7 Å². The Kier molecular flexibility index (Phi) is 6.39. The molecule has 4 rings (SSSR count). The molecule has 8 heteroatoms. The van der Waals surface area contributed by atoms with Crippen LogP contribution in [0.3, 0.4) is 0 Å². The molecule has 1 N–H and O–H groups in total. The first-order valence-electron chi connectivity index (χ1n) is 10.2. The molecule has 1 amide bonds. The van der Waals surface area contributed by atoms with Crippen molar-refractivity contribution in [1.29, 1.82) is 0 Å². The van der Waals surface area contributed by atoms with E-state index in [2.05, 4.69) is 5.32 Å². The maximum absolute atomic E-state index is 13.1. The Morgan fingerprint density at radius 3 is 2.56 bits per heavy atom. The van der Waals surface area contributed by atoms with Crippen LogP contribution in [0.25, 0.3) is 0 Å². The molecule has 1 aliphatic rings. The summed E-state index contributed by atoms with van der Waals surface area (Å²) in [7, 11) is -3.76. The predicted molar refractivity (Wildman–Crippen MR) is 125 cm³/mol. The molecule has 1 heterocycles. The molecule has 0 aliphatic carbocycles. The third kappa shape index (κ3) is 4.59. The number of ether oxygens (including phenoxy) is 1. The van der Waals surface area contributed by atoms with E-state index in [-0.39, 0.29) is 34.2 Å². The Morgan fingerprint density at radius 2 is 1.81 bits per heavy atom. The van der Waals surface area contributed by atoms with Crippen molar-refractivity contribution in [3.63, 3.8) is 0 Å². The second-order valence-electron chi connectivity index (χ2n) is 7.54. The fraction of sp³-hybridized carbons (Fsp3) is 0.208. The molecule has 0 spiro atoms. The molecule has 0 saturated heterocycles. The zero-order valence-electron chi connectivity index (χ0n) is 17.5. The van der Waals surface area contributed by atoms with Crippen molar-refractivity contribution >= 4 is 33.2 Å². The lowest BCUT2D eigenvalue weighted by atomic mass is 10.1. The van der Waals surface area contributed by atoms with E-state index in [0.29, 0.717) is 18.7 Å². The Balaban J connectivity index is 1.42. The van der Waals surface area contributed by atoms with Gasteiger partial charge in [0.2, 0.25) is 0 Å². The molecular weight excluding hydrogens is 448 g/mol. The van der Waals surface area contributed by atoms with E-state index in [4.69, 9.17) is 16.3 Å². The van der Waals surface area contributed by atoms with Gasteiger partial charge in [0, 0.05) is 6.54 Å². The summed E-state index contributed by atoms with van der Waals surface area (Å²) < 4.78 is 33.2.